The lowest BCUT2D eigenvalue weighted by atomic mass is 9.96. The number of nitrogens with one attached hydrogen (secondary N) is 1. The van der Waals surface area contributed by atoms with Gasteiger partial charge in [-0.3, -0.25) is 15.0 Å². The Balaban J connectivity index is 1.37. The quantitative estimate of drug-likeness (QED) is 0.875. The van der Waals surface area contributed by atoms with E-state index in [1.807, 2.05) is 12.1 Å². The molecule has 0 spiro atoms. The fourth-order valence-corrected chi connectivity index (χ4v) is 2.92. The second-order valence-electron chi connectivity index (χ2n) is 6.34. The van der Waals surface area contributed by atoms with Gasteiger partial charge in [-0.1, -0.05) is 17.7 Å². The molecular weight excluding hydrogens is 316 g/mol. The average Bonchev–Trinajstić information content (AvgIpc) is 2.65. The Morgan fingerprint density at radius 3 is 2.56 bits per heavy atom. The van der Waals surface area contributed by atoms with E-state index in [1.165, 1.54) is 5.56 Å². The summed E-state index contributed by atoms with van der Waals surface area (Å²) in [6.07, 6.45) is 4.95. The van der Waals surface area contributed by atoms with E-state index in [9.17, 15) is 4.79 Å². The molecule has 1 saturated heterocycles. The molecule has 1 aliphatic rings. The van der Waals surface area contributed by atoms with Gasteiger partial charge in [0.25, 0.3) is 0 Å². The first kappa shape index (κ1) is 17.4. The van der Waals surface area contributed by atoms with E-state index in [1.54, 1.807) is 18.5 Å². The number of carbonyl (C=O) groups is 1. The lowest BCUT2D eigenvalue weighted by Gasteiger charge is -2.30. The van der Waals surface area contributed by atoms with Crippen molar-refractivity contribution in [2.45, 2.75) is 19.8 Å². The summed E-state index contributed by atoms with van der Waals surface area (Å²) >= 11 is 0. The summed E-state index contributed by atoms with van der Waals surface area (Å²) in [4.78, 5) is 22.7. The van der Waals surface area contributed by atoms with Crippen LogP contribution in [0.5, 0.6) is 5.75 Å². The van der Waals surface area contributed by atoms with Crippen LogP contribution in [0, 0.1) is 12.8 Å². The van der Waals surface area contributed by atoms with Crippen molar-refractivity contribution in [1.82, 2.24) is 14.9 Å². The minimum absolute atomic E-state index is 0.0155. The van der Waals surface area contributed by atoms with Crippen LogP contribution in [0.2, 0.25) is 0 Å². The zero-order chi connectivity index (χ0) is 17.5. The predicted octanol–water partition coefficient (Wildman–Crippen LogP) is 2.51. The summed E-state index contributed by atoms with van der Waals surface area (Å²) in [7, 11) is 0. The normalized spacial score (nSPS) is 15.7. The first-order valence-electron chi connectivity index (χ1n) is 8.70. The number of rotatable bonds is 6. The summed E-state index contributed by atoms with van der Waals surface area (Å²) in [5.41, 5.74) is 1.23. The Hall–Kier alpha value is -2.47. The third-order valence-electron chi connectivity index (χ3n) is 4.46. The van der Waals surface area contributed by atoms with E-state index < -0.39 is 0 Å². The number of piperidine rings is 1. The fourth-order valence-electron chi connectivity index (χ4n) is 2.92. The molecule has 0 atom stereocenters. The monoisotopic (exact) mass is 340 g/mol. The second kappa shape index (κ2) is 8.58. The van der Waals surface area contributed by atoms with Crippen LogP contribution in [0.1, 0.15) is 18.4 Å². The smallest absolute Gasteiger partial charge is 0.229 e. The van der Waals surface area contributed by atoms with E-state index >= 15 is 0 Å². The van der Waals surface area contributed by atoms with Crippen LogP contribution in [0.15, 0.2) is 42.7 Å². The van der Waals surface area contributed by atoms with Gasteiger partial charge in [0.15, 0.2) is 0 Å². The number of aromatic nitrogens is 2. The van der Waals surface area contributed by atoms with Gasteiger partial charge in [-0.2, -0.15) is 0 Å². The van der Waals surface area contributed by atoms with Crippen molar-refractivity contribution < 1.29 is 9.53 Å². The van der Waals surface area contributed by atoms with Gasteiger partial charge in [-0.25, -0.2) is 9.97 Å². The molecule has 0 radical (unpaired) electrons. The predicted molar refractivity (Wildman–Crippen MR) is 96.5 cm³/mol. The summed E-state index contributed by atoms with van der Waals surface area (Å²) in [5.74, 6) is 1.32. The first-order valence-corrected chi connectivity index (χ1v) is 8.70. The van der Waals surface area contributed by atoms with Gasteiger partial charge in [0.1, 0.15) is 12.4 Å². The van der Waals surface area contributed by atoms with Crippen LogP contribution in [0.4, 0.5) is 5.95 Å². The Morgan fingerprint density at radius 1 is 1.20 bits per heavy atom. The summed E-state index contributed by atoms with van der Waals surface area (Å²) < 4.78 is 5.78. The van der Waals surface area contributed by atoms with Gasteiger partial charge < -0.3 is 4.74 Å². The van der Waals surface area contributed by atoms with Crippen molar-refractivity contribution >= 4 is 11.9 Å². The molecule has 1 amide bonds. The Kier molecular flexibility index (Phi) is 5.95. The van der Waals surface area contributed by atoms with Crippen molar-refractivity contribution in [3.8, 4) is 5.75 Å². The summed E-state index contributed by atoms with van der Waals surface area (Å²) in [6, 6.07) is 9.83. The molecule has 6 nitrogen and oxygen atoms in total. The minimum Gasteiger partial charge on any atom is -0.492 e. The van der Waals surface area contributed by atoms with Gasteiger partial charge in [0, 0.05) is 24.9 Å². The third-order valence-corrected chi connectivity index (χ3v) is 4.46. The van der Waals surface area contributed by atoms with E-state index in [0.717, 1.165) is 38.2 Å². The van der Waals surface area contributed by atoms with E-state index in [0.29, 0.717) is 12.6 Å². The molecule has 2 aromatic rings. The zero-order valence-corrected chi connectivity index (χ0v) is 14.5. The molecule has 1 fully saturated rings. The lowest BCUT2D eigenvalue weighted by molar-refractivity contribution is -0.121. The molecule has 3 rings (SSSR count). The molecule has 6 heteroatoms. The number of nitrogens with zero attached hydrogens (tertiary/aromatic N) is 3. The molecule has 1 aliphatic heterocycles. The molecule has 25 heavy (non-hydrogen) atoms. The lowest BCUT2D eigenvalue weighted by Crippen LogP contribution is -2.40. The van der Waals surface area contributed by atoms with E-state index in [2.05, 4.69) is 39.2 Å². The van der Waals surface area contributed by atoms with Crippen molar-refractivity contribution in [1.29, 1.82) is 0 Å². The van der Waals surface area contributed by atoms with Crippen LogP contribution in [-0.2, 0) is 4.79 Å². The number of hydrogen-bond donors (Lipinski definition) is 1. The number of amides is 1. The highest BCUT2D eigenvalue weighted by Gasteiger charge is 2.25. The molecule has 1 aromatic heterocycles. The van der Waals surface area contributed by atoms with Crippen LogP contribution >= 0.6 is 0 Å². The van der Waals surface area contributed by atoms with Crippen LogP contribution < -0.4 is 10.1 Å². The van der Waals surface area contributed by atoms with Gasteiger partial charge >= 0.3 is 0 Å². The Bertz CT molecular complexity index is 668. The third kappa shape index (κ3) is 5.26. The molecule has 0 saturated carbocycles. The van der Waals surface area contributed by atoms with Gasteiger partial charge in [-0.15, -0.1) is 0 Å². The number of ether oxygens (including phenoxy) is 1. The zero-order valence-electron chi connectivity index (χ0n) is 14.5. The summed E-state index contributed by atoms with van der Waals surface area (Å²) in [5, 5.41) is 2.79. The molecule has 132 valence electrons. The highest BCUT2D eigenvalue weighted by Crippen LogP contribution is 2.18. The molecule has 0 aliphatic carbocycles. The SMILES string of the molecule is Cc1ccc(OCCN2CCC(C(=O)Nc3ncccn3)CC2)cc1. The standard InChI is InChI=1S/C19H24N4O2/c1-15-3-5-17(6-4-15)25-14-13-23-11-7-16(8-12-23)18(24)22-19-20-9-2-10-21-19/h2-6,9-10,16H,7-8,11-14H2,1H3,(H,20,21,22,24). The Labute approximate surface area is 148 Å². The topological polar surface area (TPSA) is 67.3 Å². The number of aryl methyl sites for hydroxylation is 1. The van der Waals surface area contributed by atoms with Gasteiger partial charge in [0.2, 0.25) is 11.9 Å². The molecular formula is C19H24N4O2. The number of likely N-dealkylation sites (tertiary alicyclic amines) is 1. The van der Waals surface area contributed by atoms with Crippen molar-refractivity contribution in [3.05, 3.63) is 48.3 Å². The highest BCUT2D eigenvalue weighted by atomic mass is 16.5. The van der Waals surface area contributed by atoms with Crippen LogP contribution in [-0.4, -0.2) is 47.0 Å². The molecule has 2 heterocycles. The Morgan fingerprint density at radius 2 is 1.88 bits per heavy atom. The molecule has 1 aromatic carbocycles. The second-order valence-corrected chi connectivity index (χ2v) is 6.34. The summed E-state index contributed by atoms with van der Waals surface area (Å²) in [6.45, 7) is 5.42. The maximum absolute atomic E-state index is 12.3. The van der Waals surface area contributed by atoms with Crippen LogP contribution in [0.3, 0.4) is 0 Å². The maximum atomic E-state index is 12.3. The van der Waals surface area contributed by atoms with Crippen molar-refractivity contribution in [3.63, 3.8) is 0 Å². The van der Waals surface area contributed by atoms with Crippen molar-refractivity contribution in [2.75, 3.05) is 31.6 Å². The number of hydrogen-bond acceptors (Lipinski definition) is 5. The van der Waals surface area contributed by atoms with E-state index in [-0.39, 0.29) is 11.8 Å². The number of carbonyl (C=O) groups excluding carboxylic acids is 1. The van der Waals surface area contributed by atoms with Gasteiger partial charge in [0.05, 0.1) is 0 Å². The molecule has 0 unspecified atom stereocenters. The molecule has 1 N–H and O–H groups in total. The number of benzene rings is 1. The highest BCUT2D eigenvalue weighted by molar-refractivity contribution is 5.90. The molecule has 0 bridgehead atoms. The largest absolute Gasteiger partial charge is 0.492 e. The van der Waals surface area contributed by atoms with Gasteiger partial charge in [-0.05, 0) is 51.1 Å². The van der Waals surface area contributed by atoms with Crippen LogP contribution in [0.25, 0.3) is 0 Å². The van der Waals surface area contributed by atoms with E-state index in [4.69, 9.17) is 4.74 Å². The average molecular weight is 340 g/mol. The minimum atomic E-state index is 0.0155. The maximum Gasteiger partial charge on any atom is 0.229 e. The number of anilines is 1. The first-order chi connectivity index (χ1) is 12.2. The fraction of sp³-hybridized carbons (Fsp3) is 0.421. The van der Waals surface area contributed by atoms with Crippen molar-refractivity contribution in [2.24, 2.45) is 5.92 Å².